The van der Waals surface area contributed by atoms with E-state index in [0.717, 1.165) is 29.3 Å². The molecule has 216 valence electrons. The Balaban J connectivity index is 1.65. The highest BCUT2D eigenvalue weighted by atomic mass is 32.1. The second-order valence-electron chi connectivity index (χ2n) is 10.9. The number of ether oxygens (including phenoxy) is 1. The first kappa shape index (κ1) is 32.3. The Bertz CT molecular complexity index is 935. The van der Waals surface area contributed by atoms with Crippen LogP contribution < -0.4 is 9.80 Å². The maximum absolute atomic E-state index is 6.07. The summed E-state index contributed by atoms with van der Waals surface area (Å²) in [6.07, 6.45) is 18.1. The number of hydrogen-bond donors (Lipinski definition) is 2. The van der Waals surface area contributed by atoms with Gasteiger partial charge in [-0.2, -0.15) is 25.3 Å². The summed E-state index contributed by atoms with van der Waals surface area (Å²) in [5.74, 6) is 1.35. The van der Waals surface area contributed by atoms with Crippen molar-refractivity contribution >= 4 is 54.0 Å². The van der Waals surface area contributed by atoms with Crippen molar-refractivity contribution in [3.05, 3.63) is 58.7 Å². The maximum atomic E-state index is 6.07. The zero-order chi connectivity index (χ0) is 27.9. The van der Waals surface area contributed by atoms with Crippen LogP contribution in [0.3, 0.4) is 0 Å². The van der Waals surface area contributed by atoms with Gasteiger partial charge in [-0.1, -0.05) is 102 Å². The number of rotatable bonds is 18. The van der Waals surface area contributed by atoms with Gasteiger partial charge in [0.15, 0.2) is 5.11 Å². The average Bonchev–Trinajstić information content (AvgIpc) is 2.97. The summed E-state index contributed by atoms with van der Waals surface area (Å²) in [4.78, 5) is 4.23. The molecular weight excluding hydrogens is 537 g/mol. The molecule has 1 aliphatic rings. The lowest BCUT2D eigenvalue weighted by Crippen LogP contribution is -2.51. The lowest BCUT2D eigenvalue weighted by atomic mass is 10.0. The van der Waals surface area contributed by atoms with Gasteiger partial charge < -0.3 is 4.74 Å². The van der Waals surface area contributed by atoms with Crippen LogP contribution in [0.4, 0.5) is 11.4 Å². The molecular formula is C33H50N2OS3. The Morgan fingerprint density at radius 2 is 1.05 bits per heavy atom. The van der Waals surface area contributed by atoms with Crippen molar-refractivity contribution in [2.24, 2.45) is 0 Å². The van der Waals surface area contributed by atoms with Crippen molar-refractivity contribution in [1.29, 1.82) is 0 Å². The molecule has 0 atom stereocenters. The molecule has 0 radical (unpaired) electrons. The van der Waals surface area contributed by atoms with Gasteiger partial charge in [-0.3, -0.25) is 9.80 Å². The highest BCUT2D eigenvalue weighted by Gasteiger charge is 2.28. The Morgan fingerprint density at radius 1 is 0.641 bits per heavy atom. The predicted octanol–water partition coefficient (Wildman–Crippen LogP) is 9.90. The van der Waals surface area contributed by atoms with Gasteiger partial charge in [0.25, 0.3) is 0 Å². The van der Waals surface area contributed by atoms with Crippen LogP contribution in [0.5, 0.6) is 0 Å². The van der Waals surface area contributed by atoms with E-state index in [0.29, 0.717) is 25.0 Å². The minimum atomic E-state index is 0.458. The molecule has 3 rings (SSSR count). The third kappa shape index (κ3) is 9.98. The van der Waals surface area contributed by atoms with E-state index in [9.17, 15) is 0 Å². The molecule has 0 aliphatic carbocycles. The molecule has 1 aliphatic heterocycles. The predicted molar refractivity (Wildman–Crippen MR) is 181 cm³/mol. The molecule has 0 aromatic heterocycles. The third-order valence-corrected chi connectivity index (χ3v) is 8.87. The van der Waals surface area contributed by atoms with E-state index >= 15 is 0 Å². The number of thiocarbonyl (C=S) groups is 1. The molecule has 0 unspecified atom stereocenters. The maximum Gasteiger partial charge on any atom is 0.184 e. The molecule has 2 aromatic rings. The van der Waals surface area contributed by atoms with E-state index in [1.54, 1.807) is 0 Å². The number of thiol groups is 2. The van der Waals surface area contributed by atoms with Gasteiger partial charge in [-0.25, -0.2) is 0 Å². The SMILES string of the molecule is CCCCCCCCc1ccc(N2COCN(c3ccc(CCCCCCCC)cc3CS)C2=S)c(CS)c1. The van der Waals surface area contributed by atoms with E-state index in [4.69, 9.17) is 17.0 Å². The molecule has 39 heavy (non-hydrogen) atoms. The highest BCUT2D eigenvalue weighted by Crippen LogP contribution is 2.32. The standard InChI is InChI=1S/C33H50N2OS3/c1-3-5-7-9-11-13-15-27-17-19-31(29(21-27)23-37)34-25-36-26-35(33(34)39)32-20-18-28(22-30(32)24-38)16-14-12-10-8-6-4-2/h17-22,37-38H,3-16,23-26H2,1-2H3. The molecule has 2 aromatic carbocycles. The van der Waals surface area contributed by atoms with E-state index in [1.165, 1.54) is 99.3 Å². The van der Waals surface area contributed by atoms with Gasteiger partial charge >= 0.3 is 0 Å². The summed E-state index contributed by atoms with van der Waals surface area (Å²) in [5, 5.41) is 0.777. The molecule has 0 bridgehead atoms. The van der Waals surface area contributed by atoms with E-state index in [-0.39, 0.29) is 0 Å². The number of unbranched alkanes of at least 4 members (excludes halogenated alkanes) is 10. The summed E-state index contributed by atoms with van der Waals surface area (Å²) in [5.41, 5.74) is 7.38. The van der Waals surface area contributed by atoms with Crippen molar-refractivity contribution in [2.75, 3.05) is 23.3 Å². The van der Waals surface area contributed by atoms with Crippen LogP contribution in [0.25, 0.3) is 0 Å². The first-order valence-corrected chi connectivity index (χ1v) is 16.9. The second-order valence-corrected chi connectivity index (χ2v) is 11.9. The van der Waals surface area contributed by atoms with Crippen LogP contribution in [-0.2, 0) is 29.1 Å². The van der Waals surface area contributed by atoms with Gasteiger partial charge in [-0.05, 0) is 72.3 Å². The number of benzene rings is 2. The van der Waals surface area contributed by atoms with Crippen molar-refractivity contribution in [2.45, 2.75) is 115 Å². The lowest BCUT2D eigenvalue weighted by molar-refractivity contribution is 0.138. The molecule has 0 spiro atoms. The Morgan fingerprint density at radius 3 is 1.46 bits per heavy atom. The summed E-state index contributed by atoms with van der Waals surface area (Å²) in [7, 11) is 0. The molecule has 0 saturated carbocycles. The summed E-state index contributed by atoms with van der Waals surface area (Å²) in [6, 6.07) is 13.6. The lowest BCUT2D eigenvalue weighted by Gasteiger charge is -2.39. The molecule has 1 heterocycles. The molecule has 6 heteroatoms. The quantitative estimate of drug-likeness (QED) is 0.103. The molecule has 0 amide bonds. The highest BCUT2D eigenvalue weighted by molar-refractivity contribution is 7.81. The Labute approximate surface area is 254 Å². The van der Waals surface area contributed by atoms with Crippen LogP contribution in [0, 0.1) is 0 Å². The second kappa shape index (κ2) is 18.3. The van der Waals surface area contributed by atoms with Crippen LogP contribution in [0.1, 0.15) is 113 Å². The minimum Gasteiger partial charge on any atom is -0.340 e. The van der Waals surface area contributed by atoms with Crippen molar-refractivity contribution in [3.63, 3.8) is 0 Å². The van der Waals surface area contributed by atoms with Crippen molar-refractivity contribution in [1.82, 2.24) is 0 Å². The van der Waals surface area contributed by atoms with Gasteiger partial charge in [0.05, 0.1) is 0 Å². The normalized spacial score (nSPS) is 13.9. The van der Waals surface area contributed by atoms with Gasteiger partial charge in [-0.15, -0.1) is 0 Å². The number of aryl methyl sites for hydroxylation is 2. The molecule has 1 saturated heterocycles. The molecule has 0 N–H and O–H groups in total. The van der Waals surface area contributed by atoms with Crippen molar-refractivity contribution in [3.8, 4) is 0 Å². The summed E-state index contributed by atoms with van der Waals surface area (Å²) >= 11 is 15.4. The van der Waals surface area contributed by atoms with E-state index in [2.05, 4.69) is 85.3 Å². The van der Waals surface area contributed by atoms with Gasteiger partial charge in [0.2, 0.25) is 0 Å². The number of nitrogens with zero attached hydrogens (tertiary/aromatic N) is 2. The first-order valence-electron chi connectivity index (χ1n) is 15.2. The first-order chi connectivity index (χ1) is 19.1. The Hall–Kier alpha value is -1.21. The zero-order valence-electron chi connectivity index (χ0n) is 24.3. The largest absolute Gasteiger partial charge is 0.340 e. The fourth-order valence-corrected chi connectivity index (χ4v) is 6.22. The smallest absolute Gasteiger partial charge is 0.184 e. The number of anilines is 2. The topological polar surface area (TPSA) is 15.7 Å². The van der Waals surface area contributed by atoms with Crippen LogP contribution >= 0.6 is 37.5 Å². The van der Waals surface area contributed by atoms with Gasteiger partial charge in [0.1, 0.15) is 13.5 Å². The fourth-order valence-electron chi connectivity index (χ4n) is 5.41. The van der Waals surface area contributed by atoms with Crippen LogP contribution in [-0.4, -0.2) is 18.6 Å². The molecule has 1 fully saturated rings. The zero-order valence-corrected chi connectivity index (χ0v) is 26.9. The summed E-state index contributed by atoms with van der Waals surface area (Å²) in [6.45, 7) is 5.45. The van der Waals surface area contributed by atoms with Crippen LogP contribution in [0.2, 0.25) is 0 Å². The van der Waals surface area contributed by atoms with Crippen LogP contribution in [0.15, 0.2) is 36.4 Å². The van der Waals surface area contributed by atoms with E-state index < -0.39 is 0 Å². The Kier molecular flexibility index (Phi) is 15.1. The monoisotopic (exact) mass is 586 g/mol. The third-order valence-electron chi connectivity index (χ3n) is 7.75. The average molecular weight is 587 g/mol. The fraction of sp³-hybridized carbons (Fsp3) is 0.606. The molecule has 3 nitrogen and oxygen atoms in total. The van der Waals surface area contributed by atoms with Gasteiger partial charge in [0, 0.05) is 22.9 Å². The number of hydrogen-bond acceptors (Lipinski definition) is 4. The minimum absolute atomic E-state index is 0.458. The van der Waals surface area contributed by atoms with Crippen molar-refractivity contribution < 1.29 is 4.74 Å². The van der Waals surface area contributed by atoms with E-state index in [1.807, 2.05) is 0 Å². The summed E-state index contributed by atoms with van der Waals surface area (Å²) < 4.78 is 6.07.